The van der Waals surface area contributed by atoms with Gasteiger partial charge in [0.2, 0.25) is 0 Å². The molecule has 0 radical (unpaired) electrons. The van der Waals surface area contributed by atoms with Crippen molar-refractivity contribution in [1.82, 2.24) is 10.2 Å². The Hall–Kier alpha value is -0.320. The van der Waals surface area contributed by atoms with Gasteiger partial charge in [-0.1, -0.05) is 0 Å². The van der Waals surface area contributed by atoms with Gasteiger partial charge >= 0.3 is 0 Å². The van der Waals surface area contributed by atoms with Crippen molar-refractivity contribution in [2.24, 2.45) is 23.7 Å². The first-order valence-electron chi connectivity index (χ1n) is 9.16. The number of nitrogens with zero attached hydrogens (tertiary/aromatic N) is 1. The van der Waals surface area contributed by atoms with Gasteiger partial charge in [0, 0.05) is 20.2 Å². The van der Waals surface area contributed by atoms with Crippen molar-refractivity contribution in [3.8, 4) is 0 Å². The maximum atomic E-state index is 13.2. The van der Waals surface area contributed by atoms with Crippen molar-refractivity contribution in [3.05, 3.63) is 0 Å². The molecule has 0 aromatic carbocycles. The SMILES string of the molecule is COC1(C(=O)N(C)C2C3CC4CC(C3)CC2C4)CCNCC1.Cl. The molecular formula is C18H31ClN2O2. The van der Waals surface area contributed by atoms with Crippen LogP contribution in [0.2, 0.25) is 0 Å². The molecule has 0 unspecified atom stereocenters. The topological polar surface area (TPSA) is 41.6 Å². The second kappa shape index (κ2) is 6.53. The van der Waals surface area contributed by atoms with E-state index in [1.807, 2.05) is 0 Å². The number of nitrogens with one attached hydrogen (secondary N) is 1. The summed E-state index contributed by atoms with van der Waals surface area (Å²) in [5.74, 6) is 3.66. The van der Waals surface area contributed by atoms with E-state index in [4.69, 9.17) is 4.74 Å². The zero-order valence-electron chi connectivity index (χ0n) is 14.4. The average Bonchev–Trinajstić information content (AvgIpc) is 2.53. The number of amides is 1. The molecule has 1 aliphatic heterocycles. The lowest BCUT2D eigenvalue weighted by Gasteiger charge is -2.57. The summed E-state index contributed by atoms with van der Waals surface area (Å²) >= 11 is 0. The minimum Gasteiger partial charge on any atom is -0.368 e. The minimum absolute atomic E-state index is 0. The summed E-state index contributed by atoms with van der Waals surface area (Å²) in [4.78, 5) is 15.4. The number of hydrogen-bond acceptors (Lipinski definition) is 3. The highest BCUT2D eigenvalue weighted by Gasteiger charge is 2.52. The van der Waals surface area contributed by atoms with E-state index in [0.29, 0.717) is 6.04 Å². The summed E-state index contributed by atoms with van der Waals surface area (Å²) < 4.78 is 5.77. The van der Waals surface area contributed by atoms with Crippen molar-refractivity contribution in [2.45, 2.75) is 56.6 Å². The predicted octanol–water partition coefficient (Wildman–Crippen LogP) is 2.46. The normalized spacial score (nSPS) is 40.5. The van der Waals surface area contributed by atoms with Crippen LogP contribution in [0.5, 0.6) is 0 Å². The summed E-state index contributed by atoms with van der Waals surface area (Å²) in [6.45, 7) is 1.77. The van der Waals surface area contributed by atoms with E-state index >= 15 is 0 Å². The molecule has 1 amide bonds. The number of likely N-dealkylation sites (N-methyl/N-ethyl adjacent to an activating group) is 1. The highest BCUT2D eigenvalue weighted by Crippen LogP contribution is 2.55. The maximum absolute atomic E-state index is 13.2. The van der Waals surface area contributed by atoms with Crippen molar-refractivity contribution < 1.29 is 9.53 Å². The summed E-state index contributed by atoms with van der Waals surface area (Å²) in [6.07, 6.45) is 8.51. The number of halogens is 1. The molecule has 23 heavy (non-hydrogen) atoms. The van der Waals surface area contributed by atoms with Crippen LogP contribution in [-0.4, -0.2) is 49.7 Å². The molecule has 4 bridgehead atoms. The number of hydrogen-bond donors (Lipinski definition) is 1. The Morgan fingerprint density at radius 3 is 2.04 bits per heavy atom. The van der Waals surface area contributed by atoms with Gasteiger partial charge < -0.3 is 15.0 Å². The van der Waals surface area contributed by atoms with E-state index in [1.165, 1.54) is 32.1 Å². The molecule has 0 aromatic heterocycles. The highest BCUT2D eigenvalue weighted by atomic mass is 35.5. The zero-order chi connectivity index (χ0) is 15.3. The first-order chi connectivity index (χ1) is 10.6. The van der Waals surface area contributed by atoms with Gasteiger partial charge in [0.25, 0.3) is 5.91 Å². The molecule has 132 valence electrons. The van der Waals surface area contributed by atoms with E-state index in [0.717, 1.165) is 49.6 Å². The molecule has 0 atom stereocenters. The summed E-state index contributed by atoms with van der Waals surface area (Å²) in [7, 11) is 3.77. The van der Waals surface area contributed by atoms with Crippen LogP contribution in [-0.2, 0) is 9.53 Å². The lowest BCUT2D eigenvalue weighted by Crippen LogP contribution is -2.62. The third kappa shape index (κ3) is 2.81. The molecule has 0 spiro atoms. The van der Waals surface area contributed by atoms with Gasteiger partial charge in [-0.3, -0.25) is 4.79 Å². The molecule has 1 saturated heterocycles. The summed E-state index contributed by atoms with van der Waals surface area (Å²) in [6, 6.07) is 0.474. The molecule has 5 aliphatic rings. The molecule has 4 aliphatic carbocycles. The molecule has 5 heteroatoms. The second-order valence-electron chi connectivity index (χ2n) is 8.29. The Kier molecular flexibility index (Phi) is 4.97. The number of carbonyl (C=O) groups is 1. The Morgan fingerprint density at radius 2 is 1.57 bits per heavy atom. The van der Waals surface area contributed by atoms with Crippen molar-refractivity contribution >= 4 is 18.3 Å². The Balaban J connectivity index is 0.00000156. The highest BCUT2D eigenvalue weighted by molar-refractivity contribution is 5.86. The minimum atomic E-state index is -0.575. The molecule has 1 heterocycles. The van der Waals surface area contributed by atoms with Crippen molar-refractivity contribution in [2.75, 3.05) is 27.2 Å². The Labute approximate surface area is 146 Å². The van der Waals surface area contributed by atoms with E-state index in [9.17, 15) is 4.79 Å². The van der Waals surface area contributed by atoms with Crippen LogP contribution in [0.3, 0.4) is 0 Å². The van der Waals surface area contributed by atoms with Crippen molar-refractivity contribution in [3.63, 3.8) is 0 Å². The van der Waals surface area contributed by atoms with Gasteiger partial charge in [-0.2, -0.15) is 0 Å². The smallest absolute Gasteiger partial charge is 0.254 e. The fourth-order valence-electron chi connectivity index (χ4n) is 6.32. The quantitative estimate of drug-likeness (QED) is 0.856. The summed E-state index contributed by atoms with van der Waals surface area (Å²) in [5, 5.41) is 3.35. The van der Waals surface area contributed by atoms with Crippen LogP contribution in [0.4, 0.5) is 0 Å². The summed E-state index contributed by atoms with van der Waals surface area (Å²) in [5.41, 5.74) is -0.575. The van der Waals surface area contributed by atoms with Crippen LogP contribution in [0.15, 0.2) is 0 Å². The lowest BCUT2D eigenvalue weighted by atomic mass is 9.54. The maximum Gasteiger partial charge on any atom is 0.254 e. The zero-order valence-corrected chi connectivity index (χ0v) is 15.2. The predicted molar refractivity (Wildman–Crippen MR) is 92.7 cm³/mol. The number of carbonyl (C=O) groups excluding carboxylic acids is 1. The van der Waals surface area contributed by atoms with Crippen LogP contribution in [0, 0.1) is 23.7 Å². The van der Waals surface area contributed by atoms with Crippen LogP contribution < -0.4 is 5.32 Å². The lowest BCUT2D eigenvalue weighted by molar-refractivity contribution is -0.167. The van der Waals surface area contributed by atoms with Gasteiger partial charge in [-0.25, -0.2) is 0 Å². The third-order valence-electron chi connectivity index (χ3n) is 7.14. The van der Waals surface area contributed by atoms with Gasteiger partial charge in [-0.05, 0) is 81.7 Å². The fourth-order valence-corrected chi connectivity index (χ4v) is 6.32. The third-order valence-corrected chi connectivity index (χ3v) is 7.14. The van der Waals surface area contributed by atoms with E-state index in [-0.39, 0.29) is 18.3 Å². The molecule has 1 N–H and O–H groups in total. The first-order valence-corrected chi connectivity index (χ1v) is 9.16. The largest absolute Gasteiger partial charge is 0.368 e. The molecule has 5 rings (SSSR count). The van der Waals surface area contributed by atoms with Gasteiger partial charge in [0.15, 0.2) is 0 Å². The van der Waals surface area contributed by atoms with Gasteiger partial charge in [-0.15, -0.1) is 12.4 Å². The van der Waals surface area contributed by atoms with Gasteiger partial charge in [0.05, 0.1) is 0 Å². The Morgan fingerprint density at radius 1 is 1.04 bits per heavy atom. The average molecular weight is 343 g/mol. The molecule has 5 fully saturated rings. The number of piperidine rings is 1. The second-order valence-corrected chi connectivity index (χ2v) is 8.29. The monoisotopic (exact) mass is 342 g/mol. The molecule has 0 aromatic rings. The van der Waals surface area contributed by atoms with E-state index in [2.05, 4.69) is 17.3 Å². The number of rotatable bonds is 3. The van der Waals surface area contributed by atoms with Crippen LogP contribution in [0.1, 0.15) is 44.9 Å². The fraction of sp³-hybridized carbons (Fsp3) is 0.944. The van der Waals surface area contributed by atoms with Gasteiger partial charge in [0.1, 0.15) is 5.60 Å². The van der Waals surface area contributed by atoms with Crippen LogP contribution in [0.25, 0.3) is 0 Å². The Bertz CT molecular complexity index is 422. The standard InChI is InChI=1S/C18H30N2O2.ClH/c1-20(17(21)18(22-2)3-5-19-6-4-18)16-14-8-12-7-13(10-14)11-15(16)9-12;/h12-16,19H,3-11H2,1-2H3;1H. The number of ether oxygens (including phenoxy) is 1. The molecule has 4 saturated carbocycles. The number of methoxy groups -OCH3 is 1. The van der Waals surface area contributed by atoms with Crippen molar-refractivity contribution in [1.29, 1.82) is 0 Å². The molecule has 4 nitrogen and oxygen atoms in total. The molecular weight excluding hydrogens is 312 g/mol. The first kappa shape index (κ1) is 17.5. The van der Waals surface area contributed by atoms with E-state index < -0.39 is 5.60 Å². The van der Waals surface area contributed by atoms with Crippen LogP contribution >= 0.6 is 12.4 Å². The van der Waals surface area contributed by atoms with E-state index in [1.54, 1.807) is 7.11 Å².